The molecule has 21 heavy (non-hydrogen) atoms. The number of benzene rings is 1. The Kier molecular flexibility index (Phi) is 5.49. The van der Waals surface area contributed by atoms with Gasteiger partial charge in [-0.25, -0.2) is 4.79 Å². The predicted molar refractivity (Wildman–Crippen MR) is 83.6 cm³/mol. The highest BCUT2D eigenvalue weighted by Gasteiger charge is 2.12. The average Bonchev–Trinajstić information content (AvgIpc) is 2.49. The summed E-state index contributed by atoms with van der Waals surface area (Å²) in [5.41, 5.74) is 2.72. The van der Waals surface area contributed by atoms with E-state index in [0.717, 1.165) is 36.3 Å². The van der Waals surface area contributed by atoms with Gasteiger partial charge in [0, 0.05) is 11.4 Å². The molecule has 1 aliphatic heterocycles. The molecule has 0 fully saturated rings. The SMILES string of the molecule is CCOC(=O)Nc1cccc(NC[C@@H]2CCC=CO2)c1C. The van der Waals surface area contributed by atoms with Crippen LogP contribution in [0.15, 0.2) is 30.5 Å². The molecule has 0 unspecified atom stereocenters. The zero-order chi connectivity index (χ0) is 15.1. The van der Waals surface area contributed by atoms with Crippen LogP contribution in [0.2, 0.25) is 0 Å². The molecule has 0 saturated heterocycles. The minimum absolute atomic E-state index is 0.191. The van der Waals surface area contributed by atoms with Crippen molar-refractivity contribution >= 4 is 17.5 Å². The second-order valence-electron chi connectivity index (χ2n) is 4.91. The highest BCUT2D eigenvalue weighted by Crippen LogP contribution is 2.24. The first-order chi connectivity index (χ1) is 10.2. The molecular weight excluding hydrogens is 268 g/mol. The molecule has 1 heterocycles. The summed E-state index contributed by atoms with van der Waals surface area (Å²) in [7, 11) is 0. The summed E-state index contributed by atoms with van der Waals surface area (Å²) >= 11 is 0. The van der Waals surface area contributed by atoms with Gasteiger partial charge in [-0.1, -0.05) is 6.07 Å². The predicted octanol–water partition coefficient (Wildman–Crippen LogP) is 3.67. The van der Waals surface area contributed by atoms with Crippen molar-refractivity contribution in [1.29, 1.82) is 0 Å². The van der Waals surface area contributed by atoms with E-state index in [4.69, 9.17) is 9.47 Å². The van der Waals surface area contributed by atoms with Gasteiger partial charge in [-0.05, 0) is 50.5 Å². The summed E-state index contributed by atoms with van der Waals surface area (Å²) in [6, 6.07) is 5.75. The Morgan fingerprint density at radius 2 is 2.24 bits per heavy atom. The van der Waals surface area contributed by atoms with Crippen LogP contribution in [-0.4, -0.2) is 25.3 Å². The number of hydrogen-bond donors (Lipinski definition) is 2. The summed E-state index contributed by atoms with van der Waals surface area (Å²) in [6.45, 7) is 4.85. The van der Waals surface area contributed by atoms with E-state index in [2.05, 4.69) is 10.6 Å². The van der Waals surface area contributed by atoms with Gasteiger partial charge in [0.05, 0.1) is 19.4 Å². The van der Waals surface area contributed by atoms with Crippen LogP contribution in [0.3, 0.4) is 0 Å². The molecule has 5 heteroatoms. The molecule has 2 rings (SSSR count). The number of nitrogens with one attached hydrogen (secondary N) is 2. The number of carbonyl (C=O) groups excluding carboxylic acids is 1. The number of hydrogen-bond acceptors (Lipinski definition) is 4. The molecule has 0 spiro atoms. The van der Waals surface area contributed by atoms with E-state index in [1.54, 1.807) is 13.2 Å². The highest BCUT2D eigenvalue weighted by molar-refractivity contribution is 5.87. The summed E-state index contributed by atoms with van der Waals surface area (Å²) in [5, 5.41) is 6.12. The zero-order valence-electron chi connectivity index (χ0n) is 12.5. The van der Waals surface area contributed by atoms with Gasteiger partial charge in [-0.3, -0.25) is 5.32 Å². The molecule has 1 amide bonds. The molecular formula is C16H22N2O3. The third-order valence-electron chi connectivity index (χ3n) is 3.39. The van der Waals surface area contributed by atoms with E-state index < -0.39 is 6.09 Å². The molecule has 1 aromatic rings. The van der Waals surface area contributed by atoms with Crippen LogP contribution >= 0.6 is 0 Å². The van der Waals surface area contributed by atoms with Crippen LogP contribution in [0, 0.1) is 6.92 Å². The van der Waals surface area contributed by atoms with E-state index >= 15 is 0 Å². The van der Waals surface area contributed by atoms with Crippen LogP contribution in [0.5, 0.6) is 0 Å². The lowest BCUT2D eigenvalue weighted by atomic mass is 10.1. The van der Waals surface area contributed by atoms with E-state index in [-0.39, 0.29) is 6.10 Å². The number of allylic oxidation sites excluding steroid dienone is 1. The number of amides is 1. The standard InChI is InChI=1S/C16H22N2O3/c1-3-20-16(19)18-15-9-6-8-14(12(15)2)17-11-13-7-4-5-10-21-13/h5-6,8-10,13,17H,3-4,7,11H2,1-2H3,(H,18,19)/t13-/m0/s1. The van der Waals surface area contributed by atoms with Crippen LogP contribution in [0.4, 0.5) is 16.2 Å². The second-order valence-corrected chi connectivity index (χ2v) is 4.91. The Morgan fingerprint density at radius 1 is 1.43 bits per heavy atom. The first-order valence-corrected chi connectivity index (χ1v) is 7.28. The van der Waals surface area contributed by atoms with Gasteiger partial charge in [0.1, 0.15) is 6.10 Å². The van der Waals surface area contributed by atoms with Crippen molar-refractivity contribution in [3.05, 3.63) is 36.1 Å². The molecule has 114 valence electrons. The van der Waals surface area contributed by atoms with Gasteiger partial charge in [0.2, 0.25) is 0 Å². The fraction of sp³-hybridized carbons (Fsp3) is 0.438. The minimum atomic E-state index is -0.432. The molecule has 0 aliphatic carbocycles. The summed E-state index contributed by atoms with van der Waals surface area (Å²) in [4.78, 5) is 11.5. The number of ether oxygens (including phenoxy) is 2. The normalized spacial score (nSPS) is 17.0. The minimum Gasteiger partial charge on any atom is -0.497 e. The van der Waals surface area contributed by atoms with Gasteiger partial charge < -0.3 is 14.8 Å². The van der Waals surface area contributed by atoms with Crippen LogP contribution < -0.4 is 10.6 Å². The lowest BCUT2D eigenvalue weighted by molar-refractivity contribution is 0.135. The molecule has 0 bridgehead atoms. The maximum Gasteiger partial charge on any atom is 0.411 e. The third-order valence-corrected chi connectivity index (χ3v) is 3.39. The van der Waals surface area contributed by atoms with E-state index in [1.807, 2.05) is 31.2 Å². The van der Waals surface area contributed by atoms with Gasteiger partial charge in [-0.2, -0.15) is 0 Å². The van der Waals surface area contributed by atoms with Crippen molar-refractivity contribution in [1.82, 2.24) is 0 Å². The Hall–Kier alpha value is -2.17. The first-order valence-electron chi connectivity index (χ1n) is 7.28. The molecule has 1 atom stereocenters. The lowest BCUT2D eigenvalue weighted by Crippen LogP contribution is -2.23. The van der Waals surface area contributed by atoms with Crippen molar-refractivity contribution in [2.24, 2.45) is 0 Å². The van der Waals surface area contributed by atoms with E-state index in [1.165, 1.54) is 0 Å². The number of carbonyl (C=O) groups is 1. The number of anilines is 2. The molecule has 0 aromatic heterocycles. The van der Waals surface area contributed by atoms with Gasteiger partial charge in [0.25, 0.3) is 0 Å². The molecule has 1 aliphatic rings. The smallest absolute Gasteiger partial charge is 0.411 e. The van der Waals surface area contributed by atoms with Crippen LogP contribution in [0.25, 0.3) is 0 Å². The van der Waals surface area contributed by atoms with Crippen molar-refractivity contribution in [2.45, 2.75) is 32.8 Å². The molecule has 5 nitrogen and oxygen atoms in total. The fourth-order valence-corrected chi connectivity index (χ4v) is 2.20. The van der Waals surface area contributed by atoms with E-state index in [9.17, 15) is 4.79 Å². The topological polar surface area (TPSA) is 59.6 Å². The van der Waals surface area contributed by atoms with Crippen LogP contribution in [0.1, 0.15) is 25.3 Å². The third kappa shape index (κ3) is 4.41. The van der Waals surface area contributed by atoms with Crippen molar-refractivity contribution in [3.63, 3.8) is 0 Å². The number of rotatable bonds is 5. The average molecular weight is 290 g/mol. The Labute approximate surface area is 125 Å². The van der Waals surface area contributed by atoms with Crippen LogP contribution in [-0.2, 0) is 9.47 Å². The Bertz CT molecular complexity index is 514. The largest absolute Gasteiger partial charge is 0.497 e. The van der Waals surface area contributed by atoms with E-state index in [0.29, 0.717) is 6.61 Å². The van der Waals surface area contributed by atoms with Gasteiger partial charge in [-0.15, -0.1) is 0 Å². The molecule has 0 radical (unpaired) electrons. The summed E-state index contributed by atoms with van der Waals surface area (Å²) < 4.78 is 10.4. The fourth-order valence-electron chi connectivity index (χ4n) is 2.20. The monoisotopic (exact) mass is 290 g/mol. The summed E-state index contributed by atoms with van der Waals surface area (Å²) in [6.07, 6.45) is 5.63. The quantitative estimate of drug-likeness (QED) is 0.868. The Balaban J connectivity index is 1.96. The van der Waals surface area contributed by atoms with Crippen molar-refractivity contribution in [2.75, 3.05) is 23.8 Å². The van der Waals surface area contributed by atoms with Gasteiger partial charge >= 0.3 is 6.09 Å². The molecule has 2 N–H and O–H groups in total. The van der Waals surface area contributed by atoms with Crippen molar-refractivity contribution < 1.29 is 14.3 Å². The Morgan fingerprint density at radius 3 is 2.95 bits per heavy atom. The lowest BCUT2D eigenvalue weighted by Gasteiger charge is -2.21. The van der Waals surface area contributed by atoms with Crippen molar-refractivity contribution in [3.8, 4) is 0 Å². The summed E-state index contributed by atoms with van der Waals surface area (Å²) in [5.74, 6) is 0. The molecule has 1 aromatic carbocycles. The first kappa shape index (κ1) is 15.2. The maximum absolute atomic E-state index is 11.5. The highest BCUT2D eigenvalue weighted by atomic mass is 16.5. The zero-order valence-corrected chi connectivity index (χ0v) is 12.5. The maximum atomic E-state index is 11.5. The van der Waals surface area contributed by atoms with Gasteiger partial charge in [0.15, 0.2) is 0 Å². The second kappa shape index (κ2) is 7.57. The molecule has 0 saturated carbocycles.